The van der Waals surface area contributed by atoms with E-state index in [-0.39, 0.29) is 35.0 Å². The van der Waals surface area contributed by atoms with Crippen LogP contribution in [0.1, 0.15) is 67.9 Å². The molecule has 2 heterocycles. The van der Waals surface area contributed by atoms with Gasteiger partial charge < -0.3 is 23.5 Å². The first-order chi connectivity index (χ1) is 15.8. The number of pyridine rings is 1. The van der Waals surface area contributed by atoms with Gasteiger partial charge in [-0.1, -0.05) is 13.8 Å². The molecule has 4 rings (SSSR count). The lowest BCUT2D eigenvalue weighted by Gasteiger charge is -2.40. The smallest absolute Gasteiger partial charge is 0.343 e. The van der Waals surface area contributed by atoms with Crippen molar-refractivity contribution in [2.24, 2.45) is 5.41 Å². The minimum atomic E-state index is -0.576. The third-order valence-electron chi connectivity index (χ3n) is 6.92. The number of nitrogens with zero attached hydrogens (tertiary/aromatic N) is 1. The van der Waals surface area contributed by atoms with Crippen LogP contribution in [-0.4, -0.2) is 44.6 Å². The van der Waals surface area contributed by atoms with E-state index in [1.54, 1.807) is 33.4 Å². The molecule has 33 heavy (non-hydrogen) atoms. The number of ether oxygens (including phenoxy) is 4. The Hall–Kier alpha value is -2.80. The molecule has 1 unspecified atom stereocenters. The Balaban J connectivity index is 1.86. The third-order valence-corrected chi connectivity index (χ3v) is 6.92. The summed E-state index contributed by atoms with van der Waals surface area (Å²) < 4.78 is 24.1. The van der Waals surface area contributed by atoms with Crippen molar-refractivity contribution in [3.63, 3.8) is 0 Å². The lowest BCUT2D eigenvalue weighted by molar-refractivity contribution is 0.0523. The zero-order chi connectivity index (χ0) is 23.8. The second kappa shape index (κ2) is 9.21. The fourth-order valence-corrected chi connectivity index (χ4v) is 5.39. The summed E-state index contributed by atoms with van der Waals surface area (Å²) in [7, 11) is 3.29. The molecule has 2 atom stereocenters. The number of carbonyl (C=O) groups excluding carboxylic acids is 1. The minimum Gasteiger partial charge on any atom is -0.493 e. The molecule has 1 fully saturated rings. The molecular formula is C26H33NO6. The van der Waals surface area contributed by atoms with Crippen LogP contribution in [0.2, 0.25) is 0 Å². The van der Waals surface area contributed by atoms with E-state index in [2.05, 4.69) is 24.5 Å². The average Bonchev–Trinajstić information content (AvgIpc) is 3.11. The second-order valence-electron chi connectivity index (χ2n) is 9.43. The van der Waals surface area contributed by atoms with Gasteiger partial charge in [-0.2, -0.15) is 0 Å². The van der Waals surface area contributed by atoms with Crippen LogP contribution >= 0.6 is 0 Å². The zero-order valence-corrected chi connectivity index (χ0v) is 20.1. The van der Waals surface area contributed by atoms with Crippen LogP contribution in [0.3, 0.4) is 0 Å². The van der Waals surface area contributed by atoms with Gasteiger partial charge in [-0.25, -0.2) is 4.79 Å². The number of methoxy groups -OCH3 is 2. The van der Waals surface area contributed by atoms with Crippen LogP contribution < -0.4 is 14.9 Å². The van der Waals surface area contributed by atoms with Crippen molar-refractivity contribution < 1.29 is 23.7 Å². The lowest BCUT2D eigenvalue weighted by Crippen LogP contribution is -2.32. The molecular weight excluding hydrogens is 422 g/mol. The monoisotopic (exact) mass is 455 g/mol. The Bertz CT molecular complexity index is 1100. The molecule has 1 aromatic carbocycles. The van der Waals surface area contributed by atoms with Crippen molar-refractivity contribution in [2.75, 3.05) is 34.0 Å². The Morgan fingerprint density at radius 1 is 1.15 bits per heavy atom. The highest BCUT2D eigenvalue weighted by molar-refractivity contribution is 5.89. The first-order valence-corrected chi connectivity index (χ1v) is 11.6. The molecule has 2 aromatic rings. The van der Waals surface area contributed by atoms with Gasteiger partial charge in [0.2, 0.25) is 0 Å². The van der Waals surface area contributed by atoms with Gasteiger partial charge in [-0.3, -0.25) is 4.79 Å². The number of carbonyl (C=O) groups is 1. The average molecular weight is 456 g/mol. The van der Waals surface area contributed by atoms with Crippen LogP contribution in [0, 0.1) is 5.41 Å². The second-order valence-corrected chi connectivity index (χ2v) is 9.43. The van der Waals surface area contributed by atoms with Gasteiger partial charge in [0.25, 0.3) is 0 Å². The molecule has 1 saturated carbocycles. The quantitative estimate of drug-likeness (QED) is 0.429. The van der Waals surface area contributed by atoms with E-state index in [9.17, 15) is 9.59 Å². The summed E-state index contributed by atoms with van der Waals surface area (Å²) in [5.74, 6) is 0.991. The summed E-state index contributed by atoms with van der Waals surface area (Å²) >= 11 is 0. The Labute approximate surface area is 194 Å². The molecule has 0 radical (unpaired) electrons. The Morgan fingerprint density at radius 3 is 2.64 bits per heavy atom. The topological polar surface area (TPSA) is 76.0 Å². The first-order valence-electron chi connectivity index (χ1n) is 11.6. The molecule has 0 N–H and O–H groups in total. The van der Waals surface area contributed by atoms with E-state index in [4.69, 9.17) is 18.9 Å². The first kappa shape index (κ1) is 23.4. The van der Waals surface area contributed by atoms with Crippen LogP contribution in [0.4, 0.5) is 0 Å². The number of rotatable bonds is 8. The highest BCUT2D eigenvalue weighted by atomic mass is 16.5. The van der Waals surface area contributed by atoms with Crippen molar-refractivity contribution in [3.8, 4) is 22.8 Å². The number of hydrogen-bond donors (Lipinski definition) is 0. The molecule has 1 aliphatic carbocycles. The van der Waals surface area contributed by atoms with E-state index >= 15 is 0 Å². The molecule has 178 valence electrons. The molecule has 7 nitrogen and oxygen atoms in total. The third kappa shape index (κ3) is 4.14. The normalized spacial score (nSPS) is 19.9. The highest BCUT2D eigenvalue weighted by Crippen LogP contribution is 2.59. The standard InChI is InChI=1S/C26H33NO6/c1-6-32-25(29)19-15-27-20(14-21(19)28)18-13-22(31-5)23(33-11-7-10-30-4)12-17(18)16-8-9-26(2,3)24(16)27/h12-16,24H,6-11H2,1-5H3/t16?,24-/m0/s1. The molecule has 0 amide bonds. The van der Waals surface area contributed by atoms with Gasteiger partial charge in [0.1, 0.15) is 5.56 Å². The molecule has 7 heteroatoms. The molecule has 0 spiro atoms. The predicted octanol–water partition coefficient (Wildman–Crippen LogP) is 4.57. The van der Waals surface area contributed by atoms with Crippen molar-refractivity contribution >= 4 is 5.97 Å². The van der Waals surface area contributed by atoms with Gasteiger partial charge in [0.05, 0.1) is 26.0 Å². The molecule has 0 saturated heterocycles. The van der Waals surface area contributed by atoms with Gasteiger partial charge in [-0.05, 0) is 42.9 Å². The van der Waals surface area contributed by atoms with Crippen LogP contribution in [0.5, 0.6) is 11.5 Å². The van der Waals surface area contributed by atoms with Gasteiger partial charge in [-0.15, -0.1) is 0 Å². The summed E-state index contributed by atoms with van der Waals surface area (Å²) in [5, 5.41) is 0. The van der Waals surface area contributed by atoms with Crippen molar-refractivity contribution in [1.29, 1.82) is 0 Å². The maximum atomic E-state index is 12.9. The summed E-state index contributed by atoms with van der Waals surface area (Å²) in [6.07, 6.45) is 4.54. The van der Waals surface area contributed by atoms with Crippen LogP contribution in [0.15, 0.2) is 29.2 Å². The maximum absolute atomic E-state index is 12.9. The van der Waals surface area contributed by atoms with Crippen molar-refractivity contribution in [1.82, 2.24) is 4.57 Å². The van der Waals surface area contributed by atoms with E-state index in [0.29, 0.717) is 24.7 Å². The van der Waals surface area contributed by atoms with E-state index < -0.39 is 5.97 Å². The number of esters is 1. The number of aromatic nitrogens is 1. The van der Waals surface area contributed by atoms with E-state index in [0.717, 1.165) is 36.1 Å². The van der Waals surface area contributed by atoms with Gasteiger partial charge in [0.15, 0.2) is 16.9 Å². The number of benzene rings is 1. The summed E-state index contributed by atoms with van der Waals surface area (Å²) in [5.41, 5.74) is 2.65. The van der Waals surface area contributed by atoms with E-state index in [1.165, 1.54) is 0 Å². The van der Waals surface area contributed by atoms with Gasteiger partial charge >= 0.3 is 5.97 Å². The summed E-state index contributed by atoms with van der Waals surface area (Å²) in [6.45, 7) is 7.62. The minimum absolute atomic E-state index is 0.00246. The van der Waals surface area contributed by atoms with Crippen LogP contribution in [-0.2, 0) is 9.47 Å². The zero-order valence-electron chi connectivity index (χ0n) is 20.1. The van der Waals surface area contributed by atoms with Crippen molar-refractivity contribution in [2.45, 2.75) is 52.0 Å². The SMILES string of the molecule is CCOC(=O)c1cn2c(cc1=O)-c1cc(OC)c(OCCCOC)cc1C1CCC(C)(C)[C@H]12. The largest absolute Gasteiger partial charge is 0.493 e. The molecule has 1 aromatic heterocycles. The van der Waals surface area contributed by atoms with Crippen molar-refractivity contribution in [3.05, 3.63) is 45.7 Å². The van der Waals surface area contributed by atoms with E-state index in [1.807, 2.05) is 6.07 Å². The Kier molecular flexibility index (Phi) is 6.52. The molecule has 0 bridgehead atoms. The maximum Gasteiger partial charge on any atom is 0.343 e. The fraction of sp³-hybridized carbons (Fsp3) is 0.538. The van der Waals surface area contributed by atoms with Gasteiger partial charge in [0, 0.05) is 49.9 Å². The highest BCUT2D eigenvalue weighted by Gasteiger charge is 2.47. The lowest BCUT2D eigenvalue weighted by atomic mass is 9.77. The summed E-state index contributed by atoms with van der Waals surface area (Å²) in [4.78, 5) is 25.4. The number of hydrogen-bond acceptors (Lipinski definition) is 6. The Morgan fingerprint density at radius 2 is 1.94 bits per heavy atom. The number of fused-ring (bicyclic) bond motifs is 6. The molecule has 1 aliphatic heterocycles. The predicted molar refractivity (Wildman–Crippen MR) is 125 cm³/mol. The summed E-state index contributed by atoms with van der Waals surface area (Å²) in [6, 6.07) is 5.71. The molecule has 2 aliphatic rings. The fourth-order valence-electron chi connectivity index (χ4n) is 5.39. The van der Waals surface area contributed by atoms with Crippen LogP contribution in [0.25, 0.3) is 11.3 Å².